The third kappa shape index (κ3) is 4.73. The third-order valence-corrected chi connectivity index (χ3v) is 2.24. The summed E-state index contributed by atoms with van der Waals surface area (Å²) in [6, 6.07) is 0. The van der Waals surface area contributed by atoms with Crippen LogP contribution in [0.15, 0.2) is 0 Å². The summed E-state index contributed by atoms with van der Waals surface area (Å²) in [6.07, 6.45) is -8.04. The summed E-state index contributed by atoms with van der Waals surface area (Å²) >= 11 is 0. The second kappa shape index (κ2) is 5.90. The van der Waals surface area contributed by atoms with E-state index >= 15 is 0 Å². The summed E-state index contributed by atoms with van der Waals surface area (Å²) in [5.74, 6) is -5.17. The van der Waals surface area contributed by atoms with E-state index in [2.05, 4.69) is 9.05 Å². The van der Waals surface area contributed by atoms with Crippen LogP contribution >= 0.6 is 7.82 Å². The number of hydrogen-bond donors (Lipinski definition) is 1. The first kappa shape index (κ1) is 15.8. The highest BCUT2D eigenvalue weighted by Gasteiger charge is 2.53. The molecule has 0 aromatic rings. The molecule has 1 N–H and O–H groups in total. The van der Waals surface area contributed by atoms with Crippen LogP contribution < -0.4 is 0 Å². The summed E-state index contributed by atoms with van der Waals surface area (Å²) in [5, 5.41) is 0. The van der Waals surface area contributed by atoms with Crippen molar-refractivity contribution in [2.75, 3.05) is 6.61 Å². The number of hydrogen-bond acceptors (Lipinski definition) is 3. The molecule has 0 aliphatic carbocycles. The largest absolute Gasteiger partial charge is 0.474 e. The molecular weight excluding hydrogens is 262 g/mol. The number of halogens is 5. The Morgan fingerprint density at radius 1 is 1.38 bits per heavy atom. The average Bonchev–Trinajstić information content (AvgIpc) is 2.13. The Hall–Kier alpha value is -0.240. The smallest absolute Gasteiger partial charge is 0.302 e. The van der Waals surface area contributed by atoms with E-state index in [4.69, 9.17) is 4.89 Å². The first-order valence-corrected chi connectivity index (χ1v) is 5.58. The van der Waals surface area contributed by atoms with Gasteiger partial charge < -0.3 is 4.89 Å². The van der Waals surface area contributed by atoms with Gasteiger partial charge in [-0.3, -0.25) is 4.52 Å². The maximum Gasteiger partial charge on any atom is 0.474 e. The normalized spacial score (nSPS) is 18.5. The van der Waals surface area contributed by atoms with Crippen molar-refractivity contribution in [2.45, 2.75) is 32.1 Å². The molecule has 0 radical (unpaired) electrons. The maximum atomic E-state index is 12.5. The number of phosphoric acid groups is 1. The van der Waals surface area contributed by atoms with Crippen LogP contribution in [0.25, 0.3) is 0 Å². The summed E-state index contributed by atoms with van der Waals surface area (Å²) in [5.41, 5.74) is 0. The van der Waals surface area contributed by atoms with Gasteiger partial charge in [0.1, 0.15) is 0 Å². The summed E-state index contributed by atoms with van der Waals surface area (Å²) < 4.78 is 78.2. The topological polar surface area (TPSA) is 55.8 Å². The zero-order chi connectivity index (χ0) is 13.0. The Morgan fingerprint density at radius 3 is 2.25 bits per heavy atom. The van der Waals surface area contributed by atoms with Crippen molar-refractivity contribution in [3.05, 3.63) is 0 Å². The van der Waals surface area contributed by atoms with Gasteiger partial charge in [0, 0.05) is 0 Å². The molecule has 0 saturated heterocycles. The molecule has 0 aromatic heterocycles. The molecular formula is C6H10F5O4P. The van der Waals surface area contributed by atoms with E-state index in [1.54, 1.807) is 0 Å². The van der Waals surface area contributed by atoms with Crippen LogP contribution in [-0.2, 0) is 13.6 Å². The SMILES string of the molecule is CCCOP(=O)(O)OC(F)C(F)(F)C(F)F. The highest BCUT2D eigenvalue weighted by Crippen LogP contribution is 2.48. The van der Waals surface area contributed by atoms with Crippen molar-refractivity contribution in [3.63, 3.8) is 0 Å². The average molecular weight is 272 g/mol. The van der Waals surface area contributed by atoms with Gasteiger partial charge in [0.15, 0.2) is 0 Å². The van der Waals surface area contributed by atoms with Gasteiger partial charge in [0.2, 0.25) is 0 Å². The second-order valence-electron chi connectivity index (χ2n) is 2.70. The molecule has 0 fully saturated rings. The highest BCUT2D eigenvalue weighted by molar-refractivity contribution is 7.47. The Morgan fingerprint density at radius 2 is 1.88 bits per heavy atom. The van der Waals surface area contributed by atoms with E-state index in [1.165, 1.54) is 6.92 Å². The lowest BCUT2D eigenvalue weighted by atomic mass is 10.4. The molecule has 0 saturated carbocycles. The lowest BCUT2D eigenvalue weighted by Crippen LogP contribution is -2.38. The van der Waals surface area contributed by atoms with Crippen molar-refractivity contribution < 1.29 is 40.5 Å². The lowest BCUT2D eigenvalue weighted by molar-refractivity contribution is -0.225. The van der Waals surface area contributed by atoms with E-state index in [1.807, 2.05) is 0 Å². The Bertz CT molecular complexity index is 261. The van der Waals surface area contributed by atoms with Crippen molar-refractivity contribution >= 4 is 7.82 Å². The Labute approximate surface area is 88.0 Å². The number of alkyl halides is 5. The summed E-state index contributed by atoms with van der Waals surface area (Å²) in [7, 11) is -5.09. The molecule has 0 aliphatic heterocycles. The Kier molecular flexibility index (Phi) is 5.81. The van der Waals surface area contributed by atoms with Crippen molar-refractivity contribution in [2.24, 2.45) is 0 Å². The summed E-state index contributed by atoms with van der Waals surface area (Å²) in [6.45, 7) is 1.15. The van der Waals surface area contributed by atoms with E-state index in [0.29, 0.717) is 0 Å². The fraction of sp³-hybridized carbons (Fsp3) is 1.00. The van der Waals surface area contributed by atoms with Crippen LogP contribution in [0.5, 0.6) is 0 Å². The van der Waals surface area contributed by atoms with Gasteiger partial charge in [-0.05, 0) is 6.42 Å². The quantitative estimate of drug-likeness (QED) is 0.572. The minimum atomic E-state index is -5.17. The van der Waals surface area contributed by atoms with Gasteiger partial charge in [-0.1, -0.05) is 6.92 Å². The zero-order valence-electron chi connectivity index (χ0n) is 8.08. The van der Waals surface area contributed by atoms with Crippen LogP contribution in [0.2, 0.25) is 0 Å². The van der Waals surface area contributed by atoms with Gasteiger partial charge in [0.05, 0.1) is 6.61 Å². The zero-order valence-corrected chi connectivity index (χ0v) is 8.97. The van der Waals surface area contributed by atoms with E-state index in [-0.39, 0.29) is 13.0 Å². The Balaban J connectivity index is 4.43. The number of rotatable bonds is 7. The van der Waals surface area contributed by atoms with Gasteiger partial charge >= 0.3 is 20.2 Å². The molecule has 0 rings (SSSR count). The van der Waals surface area contributed by atoms with E-state index < -0.39 is 26.5 Å². The molecule has 0 aromatic carbocycles. The third-order valence-electron chi connectivity index (χ3n) is 1.28. The second-order valence-corrected chi connectivity index (χ2v) is 4.10. The molecule has 4 nitrogen and oxygen atoms in total. The lowest BCUT2D eigenvalue weighted by Gasteiger charge is -2.21. The molecule has 2 atom stereocenters. The first-order chi connectivity index (χ1) is 7.13. The van der Waals surface area contributed by atoms with Gasteiger partial charge in [-0.2, -0.15) is 8.78 Å². The number of phosphoric ester groups is 1. The molecule has 98 valence electrons. The van der Waals surface area contributed by atoms with Crippen LogP contribution in [0.4, 0.5) is 22.0 Å². The van der Waals surface area contributed by atoms with Crippen LogP contribution in [-0.4, -0.2) is 30.2 Å². The van der Waals surface area contributed by atoms with E-state index in [9.17, 15) is 26.5 Å². The molecule has 0 spiro atoms. The molecule has 0 amide bonds. The highest BCUT2D eigenvalue weighted by atomic mass is 31.2. The fourth-order valence-electron chi connectivity index (χ4n) is 0.523. The van der Waals surface area contributed by atoms with Gasteiger partial charge in [-0.25, -0.2) is 22.3 Å². The molecule has 10 heteroatoms. The molecule has 0 heterocycles. The molecule has 0 bridgehead atoms. The minimum absolute atomic E-state index is 0.232. The predicted octanol–water partition coefficient (Wildman–Crippen LogP) is 2.73. The predicted molar refractivity (Wildman–Crippen MR) is 43.0 cm³/mol. The standard InChI is InChI=1S/C6H10F5O4P/c1-2-3-14-16(12,13)15-5(9)6(10,11)4(7)8/h4-5H,2-3H2,1H3,(H,12,13). The van der Waals surface area contributed by atoms with Crippen molar-refractivity contribution in [1.29, 1.82) is 0 Å². The molecule has 2 unspecified atom stereocenters. The molecule has 16 heavy (non-hydrogen) atoms. The van der Waals surface area contributed by atoms with Crippen LogP contribution in [0.1, 0.15) is 13.3 Å². The van der Waals surface area contributed by atoms with Crippen LogP contribution in [0.3, 0.4) is 0 Å². The fourth-order valence-corrected chi connectivity index (χ4v) is 1.37. The van der Waals surface area contributed by atoms with Gasteiger partial charge in [-0.15, -0.1) is 0 Å². The van der Waals surface area contributed by atoms with Crippen LogP contribution in [0, 0.1) is 0 Å². The summed E-state index contributed by atoms with van der Waals surface area (Å²) in [4.78, 5) is 8.65. The van der Waals surface area contributed by atoms with Crippen molar-refractivity contribution in [3.8, 4) is 0 Å². The maximum absolute atomic E-state index is 12.5. The van der Waals surface area contributed by atoms with Gasteiger partial charge in [0.25, 0.3) is 6.36 Å². The van der Waals surface area contributed by atoms with Crippen molar-refractivity contribution in [1.82, 2.24) is 0 Å². The molecule has 0 aliphatic rings. The van der Waals surface area contributed by atoms with E-state index in [0.717, 1.165) is 0 Å². The first-order valence-electron chi connectivity index (χ1n) is 4.09. The monoisotopic (exact) mass is 272 g/mol. The minimum Gasteiger partial charge on any atom is -0.302 e.